The van der Waals surface area contributed by atoms with Crippen molar-refractivity contribution in [2.24, 2.45) is 0 Å². The first-order chi connectivity index (χ1) is 15.0. The highest BCUT2D eigenvalue weighted by Gasteiger charge is 2.17. The zero-order valence-electron chi connectivity index (χ0n) is 17.8. The molecule has 0 radical (unpaired) electrons. The number of nitrogens with one attached hydrogen (secondary N) is 1. The number of hydrogen-bond donors (Lipinski definition) is 1. The standard InChI is InChI=1S/C24H24N4OS2/c1-4-28(21-11-7-9-18-8-5-6-10-20(18)21)22(29)15-30-24-27-26-23(31-24)25-19-13-12-16(2)17(3)14-19/h5-14H,4,15H2,1-3H3,(H,25,26). The number of hydrogen-bond acceptors (Lipinski definition) is 6. The first-order valence-corrected chi connectivity index (χ1v) is 11.9. The van der Waals surface area contributed by atoms with Gasteiger partial charge in [0.15, 0.2) is 4.34 Å². The largest absolute Gasteiger partial charge is 0.330 e. The van der Waals surface area contributed by atoms with Gasteiger partial charge < -0.3 is 10.2 Å². The van der Waals surface area contributed by atoms with Crippen LogP contribution in [0.4, 0.5) is 16.5 Å². The molecule has 1 aromatic heterocycles. The molecule has 0 aliphatic heterocycles. The van der Waals surface area contributed by atoms with Crippen molar-refractivity contribution in [1.29, 1.82) is 0 Å². The topological polar surface area (TPSA) is 58.1 Å². The van der Waals surface area contributed by atoms with Gasteiger partial charge in [0.05, 0.1) is 11.4 Å². The molecule has 4 rings (SSSR count). The van der Waals surface area contributed by atoms with E-state index in [9.17, 15) is 4.79 Å². The minimum Gasteiger partial charge on any atom is -0.330 e. The summed E-state index contributed by atoms with van der Waals surface area (Å²) in [6.45, 7) is 6.79. The third-order valence-electron chi connectivity index (χ3n) is 5.16. The molecule has 31 heavy (non-hydrogen) atoms. The maximum absolute atomic E-state index is 13.0. The Labute approximate surface area is 190 Å². The Morgan fingerprint density at radius 1 is 1.03 bits per heavy atom. The van der Waals surface area contributed by atoms with Gasteiger partial charge >= 0.3 is 0 Å². The van der Waals surface area contributed by atoms with E-state index in [-0.39, 0.29) is 5.91 Å². The van der Waals surface area contributed by atoms with E-state index < -0.39 is 0 Å². The number of thioether (sulfide) groups is 1. The van der Waals surface area contributed by atoms with Crippen molar-refractivity contribution in [3.05, 3.63) is 71.8 Å². The van der Waals surface area contributed by atoms with Crippen LogP contribution in [0.15, 0.2) is 65.0 Å². The van der Waals surface area contributed by atoms with Crippen LogP contribution in [0.2, 0.25) is 0 Å². The molecule has 0 fully saturated rings. The molecule has 0 bridgehead atoms. The zero-order valence-corrected chi connectivity index (χ0v) is 19.4. The Morgan fingerprint density at radius 2 is 1.84 bits per heavy atom. The molecule has 0 atom stereocenters. The summed E-state index contributed by atoms with van der Waals surface area (Å²) in [7, 11) is 0. The molecule has 158 valence electrons. The molecular formula is C24H24N4OS2. The maximum Gasteiger partial charge on any atom is 0.237 e. The first-order valence-electron chi connectivity index (χ1n) is 10.1. The fourth-order valence-corrected chi connectivity index (χ4v) is 5.04. The summed E-state index contributed by atoms with van der Waals surface area (Å²) in [5, 5.41) is 14.7. The van der Waals surface area contributed by atoms with Gasteiger partial charge in [0.25, 0.3) is 0 Å². The Hall–Kier alpha value is -2.90. The van der Waals surface area contributed by atoms with Crippen molar-refractivity contribution in [2.45, 2.75) is 25.1 Å². The van der Waals surface area contributed by atoms with E-state index in [0.29, 0.717) is 12.3 Å². The van der Waals surface area contributed by atoms with E-state index in [1.165, 1.54) is 34.2 Å². The van der Waals surface area contributed by atoms with Crippen LogP contribution in [0.3, 0.4) is 0 Å². The molecule has 0 aliphatic carbocycles. The van der Waals surface area contributed by atoms with Crippen molar-refractivity contribution in [3.63, 3.8) is 0 Å². The third kappa shape index (κ3) is 4.89. The lowest BCUT2D eigenvalue weighted by molar-refractivity contribution is -0.116. The molecule has 0 saturated heterocycles. The van der Waals surface area contributed by atoms with E-state index in [1.807, 2.05) is 42.2 Å². The molecule has 0 aliphatic rings. The van der Waals surface area contributed by atoms with Crippen LogP contribution in [-0.4, -0.2) is 28.4 Å². The van der Waals surface area contributed by atoms with E-state index in [0.717, 1.165) is 31.6 Å². The molecule has 0 saturated carbocycles. The highest BCUT2D eigenvalue weighted by Crippen LogP contribution is 2.30. The average Bonchev–Trinajstić information content (AvgIpc) is 3.23. The summed E-state index contributed by atoms with van der Waals surface area (Å²) in [4.78, 5) is 14.8. The van der Waals surface area contributed by atoms with Gasteiger partial charge in [-0.15, -0.1) is 10.2 Å². The number of aryl methyl sites for hydroxylation is 2. The number of benzene rings is 3. The number of anilines is 3. The quantitative estimate of drug-likeness (QED) is 0.341. The van der Waals surface area contributed by atoms with Gasteiger partial charge in [0, 0.05) is 17.6 Å². The lowest BCUT2D eigenvalue weighted by Crippen LogP contribution is -2.32. The first kappa shape index (κ1) is 21.3. The van der Waals surface area contributed by atoms with Gasteiger partial charge in [-0.2, -0.15) is 0 Å². The molecule has 1 heterocycles. The zero-order chi connectivity index (χ0) is 21.8. The smallest absolute Gasteiger partial charge is 0.237 e. The number of nitrogens with zero attached hydrogens (tertiary/aromatic N) is 3. The summed E-state index contributed by atoms with van der Waals surface area (Å²) in [5.41, 5.74) is 4.41. The second-order valence-corrected chi connectivity index (χ2v) is 9.42. The SMILES string of the molecule is CCN(C(=O)CSc1nnc(Nc2ccc(C)c(C)c2)s1)c1cccc2ccccc12. The second kappa shape index (κ2) is 9.49. The summed E-state index contributed by atoms with van der Waals surface area (Å²) in [6.07, 6.45) is 0. The monoisotopic (exact) mass is 448 g/mol. The van der Waals surface area contributed by atoms with Crippen LogP contribution in [0.25, 0.3) is 10.8 Å². The normalized spacial score (nSPS) is 10.9. The lowest BCUT2D eigenvalue weighted by atomic mass is 10.1. The van der Waals surface area contributed by atoms with Gasteiger partial charge in [0.2, 0.25) is 11.0 Å². The molecule has 4 aromatic rings. The molecule has 7 heteroatoms. The van der Waals surface area contributed by atoms with Crippen LogP contribution in [-0.2, 0) is 4.79 Å². The van der Waals surface area contributed by atoms with Gasteiger partial charge in [-0.3, -0.25) is 4.79 Å². The Balaban J connectivity index is 1.42. The van der Waals surface area contributed by atoms with E-state index in [1.54, 1.807) is 0 Å². The Kier molecular flexibility index (Phi) is 6.53. The summed E-state index contributed by atoms with van der Waals surface area (Å²) in [5.74, 6) is 0.373. The van der Waals surface area contributed by atoms with Crippen molar-refractivity contribution in [1.82, 2.24) is 10.2 Å². The fraction of sp³-hybridized carbons (Fsp3) is 0.208. The lowest BCUT2D eigenvalue weighted by Gasteiger charge is -2.22. The molecule has 1 N–H and O–H groups in total. The van der Waals surface area contributed by atoms with E-state index in [2.05, 4.69) is 59.7 Å². The predicted molar refractivity (Wildman–Crippen MR) is 132 cm³/mol. The number of rotatable bonds is 7. The van der Waals surface area contributed by atoms with Crippen LogP contribution < -0.4 is 10.2 Å². The summed E-state index contributed by atoms with van der Waals surface area (Å²) < 4.78 is 0.772. The predicted octanol–water partition coefficient (Wildman–Crippen LogP) is 6.20. The van der Waals surface area contributed by atoms with Gasteiger partial charge in [-0.25, -0.2) is 0 Å². The average molecular weight is 449 g/mol. The fourth-order valence-electron chi connectivity index (χ4n) is 3.39. The number of fused-ring (bicyclic) bond motifs is 1. The molecule has 0 spiro atoms. The highest BCUT2D eigenvalue weighted by atomic mass is 32.2. The van der Waals surface area contributed by atoms with Crippen LogP contribution in [0, 0.1) is 13.8 Å². The molecular weight excluding hydrogens is 424 g/mol. The van der Waals surface area contributed by atoms with Crippen LogP contribution in [0.1, 0.15) is 18.1 Å². The van der Waals surface area contributed by atoms with Gasteiger partial charge in [0.1, 0.15) is 0 Å². The van der Waals surface area contributed by atoms with Crippen molar-refractivity contribution in [3.8, 4) is 0 Å². The number of amides is 1. The van der Waals surface area contributed by atoms with Crippen molar-refractivity contribution < 1.29 is 4.79 Å². The maximum atomic E-state index is 13.0. The summed E-state index contributed by atoms with van der Waals surface area (Å²) in [6, 6.07) is 20.4. The van der Waals surface area contributed by atoms with E-state index in [4.69, 9.17) is 0 Å². The number of aromatic nitrogens is 2. The summed E-state index contributed by atoms with van der Waals surface area (Å²) >= 11 is 2.88. The molecule has 0 unspecified atom stereocenters. The van der Waals surface area contributed by atoms with Gasteiger partial charge in [-0.1, -0.05) is 65.6 Å². The second-order valence-electron chi connectivity index (χ2n) is 7.22. The van der Waals surface area contributed by atoms with Gasteiger partial charge in [-0.05, 0) is 55.5 Å². The number of carbonyl (C=O) groups excluding carboxylic acids is 1. The minimum atomic E-state index is 0.0581. The number of carbonyl (C=O) groups is 1. The highest BCUT2D eigenvalue weighted by molar-refractivity contribution is 8.01. The third-order valence-corrected chi connectivity index (χ3v) is 7.12. The van der Waals surface area contributed by atoms with Crippen molar-refractivity contribution >= 4 is 56.3 Å². The molecule has 5 nitrogen and oxygen atoms in total. The minimum absolute atomic E-state index is 0.0581. The Morgan fingerprint density at radius 3 is 2.65 bits per heavy atom. The van der Waals surface area contributed by atoms with Crippen LogP contribution in [0.5, 0.6) is 0 Å². The molecule has 3 aromatic carbocycles. The molecule has 1 amide bonds. The van der Waals surface area contributed by atoms with E-state index >= 15 is 0 Å². The Bertz CT molecular complexity index is 1220. The van der Waals surface area contributed by atoms with Crippen molar-refractivity contribution in [2.75, 3.05) is 22.5 Å². The van der Waals surface area contributed by atoms with Crippen LogP contribution >= 0.6 is 23.1 Å².